The Morgan fingerprint density at radius 1 is 1.09 bits per heavy atom. The molecule has 3 aromatic rings. The lowest BCUT2D eigenvalue weighted by molar-refractivity contribution is 0.0353. The van der Waals surface area contributed by atoms with Gasteiger partial charge in [0, 0.05) is 26.2 Å². The summed E-state index contributed by atoms with van der Waals surface area (Å²) in [5.41, 5.74) is 2.53. The third kappa shape index (κ3) is 4.61. The van der Waals surface area contributed by atoms with Crippen molar-refractivity contribution in [2.24, 2.45) is 0 Å². The molecule has 1 fully saturated rings. The van der Waals surface area contributed by atoms with Crippen LogP contribution in [0.15, 0.2) is 64.3 Å². The minimum absolute atomic E-state index is 0.147. The predicted octanol–water partition coefficient (Wildman–Crippen LogP) is 3.93. The van der Waals surface area contributed by atoms with Gasteiger partial charge in [-0.2, -0.15) is 0 Å². The highest BCUT2D eigenvalue weighted by Crippen LogP contribution is 2.38. The summed E-state index contributed by atoms with van der Waals surface area (Å²) < 4.78 is 17.1. The molecule has 182 valence electrons. The van der Waals surface area contributed by atoms with Gasteiger partial charge in [-0.1, -0.05) is 36.4 Å². The largest absolute Gasteiger partial charge is 0.490 e. The zero-order valence-corrected chi connectivity index (χ0v) is 20.0. The van der Waals surface area contributed by atoms with E-state index in [0.717, 1.165) is 50.4 Å². The molecule has 5 rings (SSSR count). The number of carbonyl (C=O) groups excluding carboxylic acids is 1. The van der Waals surface area contributed by atoms with Gasteiger partial charge in [0.2, 0.25) is 5.76 Å². The van der Waals surface area contributed by atoms with Crippen molar-refractivity contribution in [2.45, 2.75) is 19.4 Å². The summed E-state index contributed by atoms with van der Waals surface area (Å²) in [5.74, 6) is 0.617. The third-order valence-electron chi connectivity index (χ3n) is 6.66. The molecule has 0 spiro atoms. The number of amides is 1. The number of benzene rings is 2. The van der Waals surface area contributed by atoms with Crippen LogP contribution in [0.2, 0.25) is 0 Å². The Labute approximate surface area is 204 Å². The zero-order valence-electron chi connectivity index (χ0n) is 20.0. The topological polar surface area (TPSA) is 72.2 Å². The number of hydrogen-bond donors (Lipinski definition) is 0. The second-order valence-corrected chi connectivity index (χ2v) is 9.05. The van der Waals surface area contributed by atoms with Gasteiger partial charge in [-0.15, -0.1) is 0 Å². The van der Waals surface area contributed by atoms with Crippen LogP contribution in [0.5, 0.6) is 5.75 Å². The van der Waals surface area contributed by atoms with Crippen LogP contribution in [0.1, 0.15) is 39.7 Å². The van der Waals surface area contributed by atoms with Crippen LogP contribution in [0.25, 0.3) is 11.0 Å². The lowest BCUT2D eigenvalue weighted by atomic mass is 9.98. The Morgan fingerprint density at radius 2 is 1.86 bits per heavy atom. The van der Waals surface area contributed by atoms with Gasteiger partial charge >= 0.3 is 0 Å². The maximum absolute atomic E-state index is 13.7. The van der Waals surface area contributed by atoms with E-state index in [1.807, 2.05) is 43.3 Å². The number of morpholine rings is 1. The summed E-state index contributed by atoms with van der Waals surface area (Å²) in [7, 11) is 0. The normalized spacial score (nSPS) is 18.1. The Bertz CT molecular complexity index is 1290. The number of aryl methyl sites for hydroxylation is 1. The first-order valence-electron chi connectivity index (χ1n) is 12.1. The average molecular weight is 475 g/mol. The summed E-state index contributed by atoms with van der Waals surface area (Å²) in [6.45, 7) is 10.7. The van der Waals surface area contributed by atoms with Gasteiger partial charge in [0.05, 0.1) is 30.2 Å². The van der Waals surface area contributed by atoms with E-state index in [4.69, 9.17) is 13.9 Å². The smallest absolute Gasteiger partial charge is 0.290 e. The van der Waals surface area contributed by atoms with Crippen LogP contribution in [-0.2, 0) is 4.74 Å². The molecule has 2 aromatic carbocycles. The van der Waals surface area contributed by atoms with Crippen molar-refractivity contribution in [1.29, 1.82) is 0 Å². The highest BCUT2D eigenvalue weighted by atomic mass is 16.5. The molecule has 7 heteroatoms. The van der Waals surface area contributed by atoms with E-state index in [0.29, 0.717) is 35.4 Å². The van der Waals surface area contributed by atoms with E-state index in [-0.39, 0.29) is 17.1 Å². The summed E-state index contributed by atoms with van der Waals surface area (Å²) in [6, 6.07) is 12.5. The quantitative estimate of drug-likeness (QED) is 0.461. The van der Waals surface area contributed by atoms with Crippen molar-refractivity contribution in [3.05, 3.63) is 87.8 Å². The van der Waals surface area contributed by atoms with Crippen molar-refractivity contribution < 1.29 is 18.7 Å². The Balaban J connectivity index is 1.51. The van der Waals surface area contributed by atoms with Crippen molar-refractivity contribution in [1.82, 2.24) is 9.80 Å². The lowest BCUT2D eigenvalue weighted by Crippen LogP contribution is -2.38. The van der Waals surface area contributed by atoms with Gasteiger partial charge in [-0.25, -0.2) is 0 Å². The van der Waals surface area contributed by atoms with Crippen LogP contribution < -0.4 is 10.2 Å². The molecule has 2 aliphatic heterocycles. The number of fused-ring (bicyclic) bond motifs is 2. The van der Waals surface area contributed by atoms with E-state index < -0.39 is 6.04 Å². The first kappa shape index (κ1) is 23.3. The monoisotopic (exact) mass is 474 g/mol. The van der Waals surface area contributed by atoms with E-state index in [2.05, 4.69) is 11.5 Å². The van der Waals surface area contributed by atoms with Crippen LogP contribution >= 0.6 is 0 Å². The predicted molar refractivity (Wildman–Crippen MR) is 134 cm³/mol. The van der Waals surface area contributed by atoms with Crippen LogP contribution in [0, 0.1) is 6.92 Å². The molecule has 0 aliphatic carbocycles. The number of ether oxygens (including phenoxy) is 2. The standard InChI is InChI=1S/C28H30N2O5/c1-3-15-34-21-8-6-20(7-9-21)25-24-26(31)22-18-19(2)5-10-23(22)35-27(24)28(32)30(25)12-4-11-29-13-16-33-17-14-29/h3,5-10,18,25H,1,4,11-17H2,2H3. The molecule has 1 unspecified atom stereocenters. The molecule has 3 heterocycles. The molecule has 1 saturated heterocycles. The van der Waals surface area contributed by atoms with Gasteiger partial charge < -0.3 is 18.8 Å². The van der Waals surface area contributed by atoms with E-state index in [9.17, 15) is 9.59 Å². The van der Waals surface area contributed by atoms with Gasteiger partial charge in [0.1, 0.15) is 17.9 Å². The van der Waals surface area contributed by atoms with Crippen LogP contribution in [0.4, 0.5) is 0 Å². The third-order valence-corrected chi connectivity index (χ3v) is 6.66. The SMILES string of the molecule is C=CCOc1ccc(C2c3c(oc4ccc(C)cc4c3=O)C(=O)N2CCCN2CCOCC2)cc1. The molecule has 0 bridgehead atoms. The second-order valence-electron chi connectivity index (χ2n) is 9.05. The number of carbonyl (C=O) groups is 1. The molecule has 0 N–H and O–H groups in total. The fraction of sp³-hybridized carbons (Fsp3) is 0.357. The molecule has 0 saturated carbocycles. The molecule has 0 radical (unpaired) electrons. The van der Waals surface area contributed by atoms with Crippen molar-refractivity contribution in [3.63, 3.8) is 0 Å². The summed E-state index contributed by atoms with van der Waals surface area (Å²) in [6.07, 6.45) is 2.48. The van der Waals surface area contributed by atoms with Gasteiger partial charge in [-0.05, 0) is 43.2 Å². The molecule has 7 nitrogen and oxygen atoms in total. The molecular formula is C28H30N2O5. The van der Waals surface area contributed by atoms with Gasteiger partial charge in [0.15, 0.2) is 5.43 Å². The highest BCUT2D eigenvalue weighted by molar-refractivity contribution is 5.99. The van der Waals surface area contributed by atoms with E-state index in [1.165, 1.54) is 0 Å². The summed E-state index contributed by atoms with van der Waals surface area (Å²) >= 11 is 0. The molecule has 1 aromatic heterocycles. The summed E-state index contributed by atoms with van der Waals surface area (Å²) in [4.78, 5) is 31.4. The van der Waals surface area contributed by atoms with E-state index in [1.54, 1.807) is 17.0 Å². The zero-order chi connectivity index (χ0) is 24.4. The number of nitrogens with zero attached hydrogens (tertiary/aromatic N) is 2. The van der Waals surface area contributed by atoms with Crippen molar-refractivity contribution >= 4 is 16.9 Å². The maximum Gasteiger partial charge on any atom is 0.290 e. The first-order valence-corrected chi connectivity index (χ1v) is 12.1. The fourth-order valence-corrected chi connectivity index (χ4v) is 4.90. The lowest BCUT2D eigenvalue weighted by Gasteiger charge is -2.29. The molecule has 1 atom stereocenters. The van der Waals surface area contributed by atoms with Crippen LogP contribution in [0.3, 0.4) is 0 Å². The van der Waals surface area contributed by atoms with E-state index >= 15 is 0 Å². The average Bonchev–Trinajstić information content (AvgIpc) is 3.16. The molecular weight excluding hydrogens is 444 g/mol. The Kier molecular flexibility index (Phi) is 6.70. The molecule has 1 amide bonds. The van der Waals surface area contributed by atoms with Crippen molar-refractivity contribution in [3.8, 4) is 5.75 Å². The first-order chi connectivity index (χ1) is 17.1. The van der Waals surface area contributed by atoms with Gasteiger partial charge in [0.25, 0.3) is 5.91 Å². The minimum atomic E-state index is -0.503. The molecule has 35 heavy (non-hydrogen) atoms. The fourth-order valence-electron chi connectivity index (χ4n) is 4.90. The molecule has 2 aliphatic rings. The minimum Gasteiger partial charge on any atom is -0.490 e. The number of hydrogen-bond acceptors (Lipinski definition) is 6. The highest BCUT2D eigenvalue weighted by Gasteiger charge is 2.42. The van der Waals surface area contributed by atoms with Gasteiger partial charge in [-0.3, -0.25) is 14.5 Å². The van der Waals surface area contributed by atoms with Crippen molar-refractivity contribution in [2.75, 3.05) is 46.0 Å². The Hall–Kier alpha value is -3.42. The number of rotatable bonds is 8. The second kappa shape index (κ2) is 10.1. The Morgan fingerprint density at radius 3 is 2.60 bits per heavy atom. The summed E-state index contributed by atoms with van der Waals surface area (Å²) in [5, 5.41) is 0.502. The van der Waals surface area contributed by atoms with Crippen LogP contribution in [-0.4, -0.2) is 61.7 Å². The maximum atomic E-state index is 13.7.